The Bertz CT molecular complexity index is 1220. The number of hydroxylamine groups is 1. The molecule has 3 N–H and O–H groups in total. The van der Waals surface area contributed by atoms with Crippen LogP contribution in [0.2, 0.25) is 5.02 Å². The zero-order valence-corrected chi connectivity index (χ0v) is 21.7. The Hall–Kier alpha value is -2.78. The van der Waals surface area contributed by atoms with Gasteiger partial charge in [-0.15, -0.1) is 0 Å². The molecule has 7 nitrogen and oxygen atoms in total. The first-order valence-corrected chi connectivity index (χ1v) is 12.9. The molecule has 0 bridgehead atoms. The number of nitrogens with one attached hydrogen (secondary N) is 1. The van der Waals surface area contributed by atoms with E-state index in [0.29, 0.717) is 66.0 Å². The van der Waals surface area contributed by atoms with Crippen LogP contribution in [-0.4, -0.2) is 52.8 Å². The number of aliphatic hydroxyl groups is 1. The van der Waals surface area contributed by atoms with Crippen LogP contribution < -0.4 is 10.2 Å². The van der Waals surface area contributed by atoms with Crippen LogP contribution >= 0.6 is 11.6 Å². The van der Waals surface area contributed by atoms with Gasteiger partial charge in [0.2, 0.25) is 5.91 Å². The Morgan fingerprint density at radius 3 is 2.65 bits per heavy atom. The predicted molar refractivity (Wildman–Crippen MR) is 140 cm³/mol. The highest BCUT2D eigenvalue weighted by Crippen LogP contribution is 2.41. The van der Waals surface area contributed by atoms with Crippen molar-refractivity contribution in [2.45, 2.75) is 44.6 Å². The topological polar surface area (TPSA) is 94.9 Å². The van der Waals surface area contributed by atoms with Crippen molar-refractivity contribution in [2.75, 3.05) is 26.7 Å². The third-order valence-electron chi connectivity index (χ3n) is 7.55. The molecule has 0 unspecified atom stereocenters. The number of methoxy groups -OCH3 is 1. The molecule has 1 aliphatic heterocycles. The zero-order valence-electron chi connectivity index (χ0n) is 20.9. The van der Waals surface area contributed by atoms with E-state index >= 15 is 0 Å². The van der Waals surface area contributed by atoms with Gasteiger partial charge in [0, 0.05) is 17.1 Å². The van der Waals surface area contributed by atoms with Crippen LogP contribution in [0.4, 0.5) is 4.39 Å². The fraction of sp³-hybridized carbons (Fsp3) is 0.429. The molecule has 1 aromatic heterocycles. The number of rotatable bonds is 10. The number of carbonyl (C=O) groups is 1. The minimum absolute atomic E-state index is 0.234. The lowest BCUT2D eigenvalue weighted by Gasteiger charge is -2.40. The van der Waals surface area contributed by atoms with E-state index in [-0.39, 0.29) is 5.82 Å². The van der Waals surface area contributed by atoms with Crippen molar-refractivity contribution < 1.29 is 24.2 Å². The molecule has 3 aromatic rings. The minimum atomic E-state index is -0.915. The molecule has 1 atom stereocenters. The number of piperidine rings is 1. The van der Waals surface area contributed by atoms with Crippen molar-refractivity contribution >= 4 is 28.4 Å². The molecular weight excluding hydrogens is 497 g/mol. The van der Waals surface area contributed by atoms with E-state index in [2.05, 4.69) is 9.88 Å². The summed E-state index contributed by atoms with van der Waals surface area (Å²) in [5, 5.41) is 21.7. The van der Waals surface area contributed by atoms with Gasteiger partial charge in [-0.3, -0.25) is 15.0 Å². The van der Waals surface area contributed by atoms with Crippen molar-refractivity contribution in [1.82, 2.24) is 15.4 Å². The van der Waals surface area contributed by atoms with Gasteiger partial charge in [-0.2, -0.15) is 0 Å². The van der Waals surface area contributed by atoms with Crippen LogP contribution in [0.15, 0.2) is 48.7 Å². The Labute approximate surface area is 221 Å². The van der Waals surface area contributed by atoms with Gasteiger partial charge in [-0.05, 0) is 94.1 Å². The highest BCUT2D eigenvalue weighted by atomic mass is 35.5. The number of nitrogens with zero attached hydrogens (tertiary/aromatic N) is 2. The summed E-state index contributed by atoms with van der Waals surface area (Å²) in [5.74, 6) is -0.0199. The minimum Gasteiger partial charge on any atom is -0.497 e. The summed E-state index contributed by atoms with van der Waals surface area (Å²) in [4.78, 5) is 19.4. The molecule has 1 amide bonds. The third kappa shape index (κ3) is 6.38. The smallest absolute Gasteiger partial charge is 0.249 e. The molecule has 0 aliphatic carbocycles. The molecule has 0 saturated carbocycles. The summed E-state index contributed by atoms with van der Waals surface area (Å²) < 4.78 is 18.4. The predicted octanol–water partition coefficient (Wildman–Crippen LogP) is 5.07. The number of halogens is 2. The number of benzene rings is 2. The highest BCUT2D eigenvalue weighted by Gasteiger charge is 2.41. The molecule has 0 spiro atoms. The fourth-order valence-electron chi connectivity index (χ4n) is 5.26. The van der Waals surface area contributed by atoms with Crippen LogP contribution in [0.1, 0.15) is 49.3 Å². The monoisotopic (exact) mass is 529 g/mol. The molecule has 4 rings (SSSR count). The molecule has 0 radical (unpaired) electrons. The standard InChI is InChI=1S/C28H33ClFN3O4/c1-37-21-8-9-24-22(17-21)26(23(29)18-31-24)25(34)10-11-28(27(35)32-36)12-15-33(16-13-28)14-2-3-19-4-6-20(30)7-5-19/h4-9,17-18,25,34,36H,2-3,10-16H2,1H3,(H,32,35)/t25-/m1/s1. The Morgan fingerprint density at radius 1 is 1.24 bits per heavy atom. The number of carbonyl (C=O) groups excluding carboxylic acids is 1. The van der Waals surface area contributed by atoms with Crippen LogP contribution in [-0.2, 0) is 11.2 Å². The average Bonchev–Trinajstić information content (AvgIpc) is 2.92. The van der Waals surface area contributed by atoms with E-state index < -0.39 is 17.4 Å². The van der Waals surface area contributed by atoms with Crippen molar-refractivity contribution in [2.24, 2.45) is 5.41 Å². The van der Waals surface area contributed by atoms with Gasteiger partial charge < -0.3 is 14.7 Å². The Morgan fingerprint density at radius 2 is 1.97 bits per heavy atom. The summed E-state index contributed by atoms with van der Waals surface area (Å²) in [5.41, 5.74) is 3.42. The van der Waals surface area contributed by atoms with E-state index in [9.17, 15) is 19.5 Å². The molecule has 1 fully saturated rings. The first kappa shape index (κ1) is 27.3. The Kier molecular flexibility index (Phi) is 8.97. The van der Waals surface area contributed by atoms with E-state index in [1.54, 1.807) is 19.2 Å². The first-order valence-electron chi connectivity index (χ1n) is 12.6. The van der Waals surface area contributed by atoms with E-state index in [1.165, 1.54) is 18.3 Å². The third-order valence-corrected chi connectivity index (χ3v) is 7.85. The second-order valence-electron chi connectivity index (χ2n) is 9.75. The lowest BCUT2D eigenvalue weighted by atomic mass is 9.73. The molecule has 37 heavy (non-hydrogen) atoms. The van der Waals surface area contributed by atoms with Crippen LogP contribution in [0.5, 0.6) is 5.75 Å². The number of amides is 1. The van der Waals surface area contributed by atoms with E-state index in [0.717, 1.165) is 24.9 Å². The molecule has 198 valence electrons. The van der Waals surface area contributed by atoms with Crippen molar-refractivity contribution in [1.29, 1.82) is 0 Å². The van der Waals surface area contributed by atoms with Gasteiger partial charge in [-0.1, -0.05) is 23.7 Å². The molecular formula is C28H33ClFN3O4. The number of ether oxygens (including phenoxy) is 1. The van der Waals surface area contributed by atoms with E-state index in [4.69, 9.17) is 16.3 Å². The van der Waals surface area contributed by atoms with Gasteiger partial charge in [0.25, 0.3) is 0 Å². The molecule has 2 aromatic carbocycles. The number of pyridine rings is 1. The lowest BCUT2D eigenvalue weighted by molar-refractivity contribution is -0.143. The van der Waals surface area contributed by atoms with Gasteiger partial charge in [-0.25, -0.2) is 9.87 Å². The second-order valence-corrected chi connectivity index (χ2v) is 10.2. The lowest BCUT2D eigenvalue weighted by Crippen LogP contribution is -2.48. The van der Waals surface area contributed by atoms with Gasteiger partial charge >= 0.3 is 0 Å². The number of hydrogen-bond acceptors (Lipinski definition) is 6. The quantitative estimate of drug-likeness (QED) is 0.251. The first-order chi connectivity index (χ1) is 17.8. The zero-order chi connectivity index (χ0) is 26.4. The van der Waals surface area contributed by atoms with E-state index in [1.807, 2.05) is 23.7 Å². The molecule has 1 saturated heterocycles. The fourth-order valence-corrected chi connectivity index (χ4v) is 5.54. The summed E-state index contributed by atoms with van der Waals surface area (Å²) in [6, 6.07) is 12.0. The number of aliphatic hydroxyl groups excluding tert-OH is 1. The number of aromatic nitrogens is 1. The normalized spacial score (nSPS) is 16.5. The number of aryl methyl sites for hydroxylation is 1. The summed E-state index contributed by atoms with van der Waals surface area (Å²) in [6.07, 6.45) is 4.24. The van der Waals surface area contributed by atoms with Crippen LogP contribution in [0.3, 0.4) is 0 Å². The summed E-state index contributed by atoms with van der Waals surface area (Å²) in [6.45, 7) is 2.30. The molecule has 2 heterocycles. The second kappa shape index (κ2) is 12.2. The molecule has 1 aliphatic rings. The van der Waals surface area contributed by atoms with Gasteiger partial charge in [0.1, 0.15) is 11.6 Å². The van der Waals surface area contributed by atoms with Crippen LogP contribution in [0.25, 0.3) is 10.9 Å². The molecule has 9 heteroatoms. The maximum absolute atomic E-state index is 13.1. The maximum atomic E-state index is 13.1. The van der Waals surface area contributed by atoms with Gasteiger partial charge in [0.15, 0.2) is 0 Å². The highest BCUT2D eigenvalue weighted by molar-refractivity contribution is 6.32. The maximum Gasteiger partial charge on any atom is 0.249 e. The number of fused-ring (bicyclic) bond motifs is 1. The summed E-state index contributed by atoms with van der Waals surface area (Å²) in [7, 11) is 1.57. The summed E-state index contributed by atoms with van der Waals surface area (Å²) >= 11 is 6.45. The van der Waals surface area contributed by atoms with Crippen LogP contribution in [0, 0.1) is 11.2 Å². The van der Waals surface area contributed by atoms with Gasteiger partial charge in [0.05, 0.1) is 29.2 Å². The van der Waals surface area contributed by atoms with Crippen molar-refractivity contribution in [3.05, 3.63) is 70.6 Å². The number of likely N-dealkylation sites (tertiary alicyclic amines) is 1. The average molecular weight is 530 g/mol. The Balaban J connectivity index is 1.39. The van der Waals surface area contributed by atoms with Crippen molar-refractivity contribution in [3.63, 3.8) is 0 Å². The largest absolute Gasteiger partial charge is 0.497 e. The van der Waals surface area contributed by atoms with Crippen molar-refractivity contribution in [3.8, 4) is 5.75 Å². The number of hydrogen-bond donors (Lipinski definition) is 3. The SMILES string of the molecule is COc1ccc2ncc(Cl)c([C@H](O)CCC3(C(=O)NO)CCN(CCCc4ccc(F)cc4)CC3)c2c1.